The predicted octanol–water partition coefficient (Wildman–Crippen LogP) is 4.71. The van der Waals surface area contributed by atoms with Crippen molar-refractivity contribution >= 4 is 39.3 Å². The van der Waals surface area contributed by atoms with Crippen LogP contribution in [0.4, 0.5) is 18.9 Å². The van der Waals surface area contributed by atoms with Crippen LogP contribution in [0.1, 0.15) is 10.4 Å². The van der Waals surface area contributed by atoms with Gasteiger partial charge >= 0.3 is 5.51 Å². The SMILES string of the molecule is O=C(Nc1ccccc1SC(F)(F)F)c1ccc(Br)nc1. The highest BCUT2D eigenvalue weighted by Crippen LogP contribution is 2.40. The van der Waals surface area contributed by atoms with E-state index in [9.17, 15) is 18.0 Å². The molecule has 0 spiro atoms. The van der Waals surface area contributed by atoms with Gasteiger partial charge < -0.3 is 5.32 Å². The van der Waals surface area contributed by atoms with E-state index in [2.05, 4.69) is 26.2 Å². The number of aromatic nitrogens is 1. The fraction of sp³-hybridized carbons (Fsp3) is 0.0769. The van der Waals surface area contributed by atoms with Gasteiger partial charge in [-0.3, -0.25) is 4.79 Å². The minimum atomic E-state index is -4.42. The molecule has 0 saturated carbocycles. The highest BCUT2D eigenvalue weighted by Gasteiger charge is 2.30. The molecule has 0 unspecified atom stereocenters. The highest BCUT2D eigenvalue weighted by molar-refractivity contribution is 9.10. The van der Waals surface area contributed by atoms with Crippen LogP contribution in [0.15, 0.2) is 52.1 Å². The molecule has 2 rings (SSSR count). The lowest BCUT2D eigenvalue weighted by molar-refractivity contribution is -0.0328. The molecule has 0 bridgehead atoms. The van der Waals surface area contributed by atoms with Crippen LogP contribution in [0.5, 0.6) is 0 Å². The Hall–Kier alpha value is -1.54. The van der Waals surface area contributed by atoms with E-state index < -0.39 is 11.4 Å². The van der Waals surface area contributed by atoms with Gasteiger partial charge in [-0.15, -0.1) is 0 Å². The molecule has 0 aliphatic heterocycles. The van der Waals surface area contributed by atoms with Gasteiger partial charge in [0, 0.05) is 11.1 Å². The van der Waals surface area contributed by atoms with E-state index in [1.165, 1.54) is 30.5 Å². The number of para-hydroxylation sites is 1. The van der Waals surface area contributed by atoms with Crippen molar-refractivity contribution in [2.24, 2.45) is 0 Å². The zero-order chi connectivity index (χ0) is 15.5. The van der Waals surface area contributed by atoms with Crippen LogP contribution in [-0.2, 0) is 0 Å². The Labute approximate surface area is 131 Å². The number of pyridine rings is 1. The van der Waals surface area contributed by atoms with Crippen molar-refractivity contribution in [3.05, 3.63) is 52.8 Å². The molecule has 8 heteroatoms. The van der Waals surface area contributed by atoms with Crippen molar-refractivity contribution in [1.82, 2.24) is 4.98 Å². The van der Waals surface area contributed by atoms with E-state index in [1.807, 2.05) is 0 Å². The summed E-state index contributed by atoms with van der Waals surface area (Å²) in [5.41, 5.74) is -4.06. The van der Waals surface area contributed by atoms with E-state index in [1.54, 1.807) is 12.1 Å². The van der Waals surface area contributed by atoms with Crippen molar-refractivity contribution in [3.8, 4) is 0 Å². The second kappa shape index (κ2) is 6.48. The Morgan fingerprint density at radius 2 is 1.90 bits per heavy atom. The molecular formula is C13H8BrF3N2OS. The first-order valence-corrected chi connectivity index (χ1v) is 7.24. The molecule has 1 heterocycles. The molecule has 0 fully saturated rings. The number of carbonyl (C=O) groups is 1. The Morgan fingerprint density at radius 3 is 2.52 bits per heavy atom. The van der Waals surface area contributed by atoms with E-state index in [-0.39, 0.29) is 27.9 Å². The second-order valence-electron chi connectivity index (χ2n) is 3.87. The van der Waals surface area contributed by atoms with Gasteiger partial charge in [0.25, 0.3) is 5.91 Å². The average molecular weight is 377 g/mol. The molecule has 21 heavy (non-hydrogen) atoms. The molecule has 0 atom stereocenters. The molecule has 0 aliphatic carbocycles. The van der Waals surface area contributed by atoms with E-state index >= 15 is 0 Å². The third-order valence-electron chi connectivity index (χ3n) is 2.35. The Morgan fingerprint density at radius 1 is 1.19 bits per heavy atom. The maximum absolute atomic E-state index is 12.5. The average Bonchev–Trinajstić information content (AvgIpc) is 2.40. The maximum Gasteiger partial charge on any atom is 0.446 e. The lowest BCUT2D eigenvalue weighted by Gasteiger charge is -2.12. The van der Waals surface area contributed by atoms with Crippen molar-refractivity contribution < 1.29 is 18.0 Å². The molecule has 1 aromatic carbocycles. The van der Waals surface area contributed by atoms with Crippen LogP contribution in [-0.4, -0.2) is 16.4 Å². The van der Waals surface area contributed by atoms with Crippen LogP contribution >= 0.6 is 27.7 Å². The van der Waals surface area contributed by atoms with Crippen LogP contribution in [0.3, 0.4) is 0 Å². The second-order valence-corrected chi connectivity index (χ2v) is 5.79. The number of hydrogen-bond acceptors (Lipinski definition) is 3. The molecule has 0 radical (unpaired) electrons. The molecule has 1 aromatic heterocycles. The van der Waals surface area contributed by atoms with Gasteiger partial charge in [0.05, 0.1) is 11.3 Å². The number of carbonyl (C=O) groups excluding carboxylic acids is 1. The van der Waals surface area contributed by atoms with Crippen LogP contribution in [0.25, 0.3) is 0 Å². The van der Waals surface area contributed by atoms with Crippen LogP contribution in [0.2, 0.25) is 0 Å². The first kappa shape index (κ1) is 15.8. The van der Waals surface area contributed by atoms with Crippen molar-refractivity contribution in [1.29, 1.82) is 0 Å². The lowest BCUT2D eigenvalue weighted by atomic mass is 10.2. The van der Waals surface area contributed by atoms with Gasteiger partial charge in [0.1, 0.15) is 4.60 Å². The minimum absolute atomic E-state index is 0.0663. The van der Waals surface area contributed by atoms with E-state index in [0.29, 0.717) is 4.60 Å². The summed E-state index contributed by atoms with van der Waals surface area (Å²) >= 11 is 2.86. The summed E-state index contributed by atoms with van der Waals surface area (Å²) in [4.78, 5) is 15.8. The van der Waals surface area contributed by atoms with E-state index in [0.717, 1.165) is 0 Å². The fourth-order valence-electron chi connectivity index (χ4n) is 1.49. The first-order valence-electron chi connectivity index (χ1n) is 5.63. The van der Waals surface area contributed by atoms with Crippen LogP contribution < -0.4 is 5.32 Å². The third-order valence-corrected chi connectivity index (χ3v) is 3.63. The zero-order valence-electron chi connectivity index (χ0n) is 10.3. The highest BCUT2D eigenvalue weighted by atomic mass is 79.9. The van der Waals surface area contributed by atoms with Gasteiger partial charge in [-0.2, -0.15) is 13.2 Å². The number of halogens is 4. The number of amides is 1. The first-order chi connectivity index (χ1) is 9.85. The summed E-state index contributed by atoms with van der Waals surface area (Å²) in [6, 6.07) is 8.84. The zero-order valence-corrected chi connectivity index (χ0v) is 12.7. The number of anilines is 1. The van der Waals surface area contributed by atoms with E-state index in [4.69, 9.17) is 0 Å². The number of benzene rings is 1. The fourth-order valence-corrected chi connectivity index (χ4v) is 2.35. The summed E-state index contributed by atoms with van der Waals surface area (Å²) in [7, 11) is 0. The standard InChI is InChI=1S/C13H8BrF3N2OS/c14-11-6-5-8(7-18-11)12(20)19-9-3-1-2-4-10(9)21-13(15,16)17/h1-7H,(H,19,20). The third kappa shape index (κ3) is 4.75. The lowest BCUT2D eigenvalue weighted by Crippen LogP contribution is -2.13. The maximum atomic E-state index is 12.5. The predicted molar refractivity (Wildman–Crippen MR) is 78.2 cm³/mol. The van der Waals surface area contributed by atoms with Gasteiger partial charge in [-0.1, -0.05) is 12.1 Å². The molecule has 0 saturated heterocycles. The summed E-state index contributed by atoms with van der Waals surface area (Å²) in [5, 5.41) is 2.45. The normalized spacial score (nSPS) is 11.2. The Balaban J connectivity index is 2.19. The van der Waals surface area contributed by atoms with Crippen molar-refractivity contribution in [2.45, 2.75) is 10.4 Å². The number of nitrogens with one attached hydrogen (secondary N) is 1. The molecule has 1 N–H and O–H groups in total. The molecule has 0 aliphatic rings. The van der Waals surface area contributed by atoms with Gasteiger partial charge in [0.15, 0.2) is 0 Å². The number of alkyl halides is 3. The Bertz CT molecular complexity index is 647. The molecule has 2 aromatic rings. The van der Waals surface area contributed by atoms with Crippen molar-refractivity contribution in [2.75, 3.05) is 5.32 Å². The number of rotatable bonds is 3. The largest absolute Gasteiger partial charge is 0.446 e. The molecule has 3 nitrogen and oxygen atoms in total. The molecule has 110 valence electrons. The van der Waals surface area contributed by atoms with Crippen molar-refractivity contribution in [3.63, 3.8) is 0 Å². The quantitative estimate of drug-likeness (QED) is 0.623. The number of hydrogen-bond donors (Lipinski definition) is 1. The smallest absolute Gasteiger partial charge is 0.321 e. The monoisotopic (exact) mass is 376 g/mol. The Kier molecular flexibility index (Phi) is 4.89. The summed E-state index contributed by atoms with van der Waals surface area (Å²) < 4.78 is 37.9. The summed E-state index contributed by atoms with van der Waals surface area (Å²) in [5.74, 6) is -0.523. The summed E-state index contributed by atoms with van der Waals surface area (Å²) in [6.07, 6.45) is 1.33. The number of nitrogens with zero attached hydrogens (tertiary/aromatic N) is 1. The van der Waals surface area contributed by atoms with Crippen LogP contribution in [0, 0.1) is 0 Å². The van der Waals surface area contributed by atoms with Gasteiger partial charge in [0.2, 0.25) is 0 Å². The summed E-state index contributed by atoms with van der Waals surface area (Å²) in [6.45, 7) is 0. The topological polar surface area (TPSA) is 42.0 Å². The molecule has 1 amide bonds. The number of thioether (sulfide) groups is 1. The van der Waals surface area contributed by atoms with Gasteiger partial charge in [-0.25, -0.2) is 4.98 Å². The molecular weight excluding hydrogens is 369 g/mol. The van der Waals surface area contributed by atoms with Gasteiger partial charge in [-0.05, 0) is 52.0 Å². The minimum Gasteiger partial charge on any atom is -0.321 e.